The lowest BCUT2D eigenvalue weighted by atomic mass is 10.0. The molecule has 1 aliphatic heterocycles. The van der Waals surface area contributed by atoms with Crippen LogP contribution in [0, 0.1) is 0 Å². The van der Waals surface area contributed by atoms with Crippen molar-refractivity contribution < 1.29 is 19.0 Å². The first kappa shape index (κ1) is 13.0. The van der Waals surface area contributed by atoms with E-state index in [1.54, 1.807) is 0 Å². The molecular weight excluding hydrogens is 237 g/mol. The van der Waals surface area contributed by atoms with Crippen LogP contribution in [0.4, 0.5) is 4.39 Å². The molecule has 1 fully saturated rings. The Morgan fingerprint density at radius 1 is 1.50 bits per heavy atom. The number of ether oxygens (including phenoxy) is 1. The standard InChI is InChI=1S/C13H16FNO3/c14-13(9-16)6-11(15-8-13)12(17)18-7-10-4-2-1-3-5-10/h1-5,11,15-16H,6-9H2/t11-,13+/m0/s1. The van der Waals surface area contributed by atoms with E-state index in [2.05, 4.69) is 5.32 Å². The van der Waals surface area contributed by atoms with Crippen LogP contribution >= 0.6 is 0 Å². The van der Waals surface area contributed by atoms with E-state index in [-0.39, 0.29) is 19.6 Å². The Labute approximate surface area is 105 Å². The number of hydrogen-bond donors (Lipinski definition) is 2. The van der Waals surface area contributed by atoms with Crippen molar-refractivity contribution in [2.24, 2.45) is 0 Å². The van der Waals surface area contributed by atoms with E-state index in [1.165, 1.54) is 0 Å². The molecule has 1 heterocycles. The van der Waals surface area contributed by atoms with Gasteiger partial charge in [-0.2, -0.15) is 0 Å². The molecule has 1 saturated heterocycles. The van der Waals surface area contributed by atoms with Crippen molar-refractivity contribution in [3.8, 4) is 0 Å². The number of rotatable bonds is 4. The van der Waals surface area contributed by atoms with Crippen LogP contribution in [-0.2, 0) is 16.1 Å². The molecule has 1 aromatic carbocycles. The minimum absolute atomic E-state index is 0.0192. The van der Waals surface area contributed by atoms with Crippen LogP contribution in [0.5, 0.6) is 0 Å². The SMILES string of the molecule is O=C(OCc1ccccc1)[C@@H]1C[C@](F)(CO)CN1. The highest BCUT2D eigenvalue weighted by atomic mass is 19.1. The maximum absolute atomic E-state index is 13.7. The van der Waals surface area contributed by atoms with Crippen molar-refractivity contribution in [2.45, 2.75) is 24.7 Å². The molecule has 18 heavy (non-hydrogen) atoms. The summed E-state index contributed by atoms with van der Waals surface area (Å²) in [4.78, 5) is 11.7. The number of carbonyl (C=O) groups is 1. The largest absolute Gasteiger partial charge is 0.460 e. The molecule has 0 unspecified atom stereocenters. The van der Waals surface area contributed by atoms with Crippen LogP contribution in [0.2, 0.25) is 0 Å². The molecule has 0 radical (unpaired) electrons. The van der Waals surface area contributed by atoms with Crippen LogP contribution in [0.15, 0.2) is 30.3 Å². The summed E-state index contributed by atoms with van der Waals surface area (Å²) in [7, 11) is 0. The molecule has 0 aliphatic carbocycles. The van der Waals surface area contributed by atoms with Gasteiger partial charge in [0.25, 0.3) is 0 Å². The lowest BCUT2D eigenvalue weighted by Gasteiger charge is -2.14. The summed E-state index contributed by atoms with van der Waals surface area (Å²) >= 11 is 0. The number of nitrogens with one attached hydrogen (secondary N) is 1. The third-order valence-corrected chi connectivity index (χ3v) is 3.03. The first-order valence-electron chi connectivity index (χ1n) is 5.87. The van der Waals surface area contributed by atoms with E-state index < -0.39 is 24.3 Å². The van der Waals surface area contributed by atoms with Gasteiger partial charge in [0, 0.05) is 13.0 Å². The lowest BCUT2D eigenvalue weighted by Crippen LogP contribution is -2.32. The van der Waals surface area contributed by atoms with E-state index in [4.69, 9.17) is 9.84 Å². The summed E-state index contributed by atoms with van der Waals surface area (Å²) in [6, 6.07) is 8.61. The van der Waals surface area contributed by atoms with Gasteiger partial charge in [0.15, 0.2) is 0 Å². The number of alkyl halides is 1. The maximum Gasteiger partial charge on any atom is 0.323 e. The Balaban J connectivity index is 1.83. The second-order valence-corrected chi connectivity index (χ2v) is 4.54. The number of hydrogen-bond acceptors (Lipinski definition) is 4. The molecule has 5 heteroatoms. The summed E-state index contributed by atoms with van der Waals surface area (Å²) < 4.78 is 18.8. The van der Waals surface area contributed by atoms with E-state index in [0.717, 1.165) is 5.56 Å². The summed E-state index contributed by atoms with van der Waals surface area (Å²) in [6.07, 6.45) is -0.0445. The third-order valence-electron chi connectivity index (χ3n) is 3.03. The fourth-order valence-electron chi connectivity index (χ4n) is 1.93. The number of aliphatic hydroxyl groups is 1. The summed E-state index contributed by atoms with van der Waals surface area (Å²) in [5.74, 6) is -0.480. The van der Waals surface area contributed by atoms with E-state index in [1.807, 2.05) is 30.3 Å². The Kier molecular flexibility index (Phi) is 3.93. The molecule has 0 amide bonds. The van der Waals surface area contributed by atoms with Gasteiger partial charge in [-0.15, -0.1) is 0 Å². The molecule has 2 N–H and O–H groups in total. The van der Waals surface area contributed by atoms with Gasteiger partial charge in [0.2, 0.25) is 0 Å². The van der Waals surface area contributed by atoms with Crippen LogP contribution < -0.4 is 5.32 Å². The van der Waals surface area contributed by atoms with E-state index in [9.17, 15) is 9.18 Å². The highest BCUT2D eigenvalue weighted by Crippen LogP contribution is 2.23. The third kappa shape index (κ3) is 3.05. The van der Waals surface area contributed by atoms with Crippen molar-refractivity contribution in [2.75, 3.05) is 13.2 Å². The molecule has 1 aliphatic rings. The van der Waals surface area contributed by atoms with E-state index in [0.29, 0.717) is 0 Å². The van der Waals surface area contributed by atoms with Crippen LogP contribution in [-0.4, -0.2) is 35.9 Å². The predicted octanol–water partition coefficient (Wildman–Crippen LogP) is 0.792. The zero-order valence-electron chi connectivity index (χ0n) is 9.93. The first-order chi connectivity index (χ1) is 8.63. The van der Waals surface area contributed by atoms with Crippen molar-refractivity contribution in [3.63, 3.8) is 0 Å². The average Bonchev–Trinajstić information content (AvgIpc) is 2.81. The molecular formula is C13H16FNO3. The molecule has 4 nitrogen and oxygen atoms in total. The van der Waals surface area contributed by atoms with Gasteiger partial charge in [-0.25, -0.2) is 4.39 Å². The Morgan fingerprint density at radius 2 is 2.22 bits per heavy atom. The predicted molar refractivity (Wildman–Crippen MR) is 63.6 cm³/mol. The zero-order valence-corrected chi connectivity index (χ0v) is 9.93. The number of halogens is 1. The van der Waals surface area contributed by atoms with Gasteiger partial charge in [0.1, 0.15) is 18.3 Å². The van der Waals surface area contributed by atoms with Crippen molar-refractivity contribution in [1.82, 2.24) is 5.32 Å². The number of esters is 1. The second-order valence-electron chi connectivity index (χ2n) is 4.54. The Bertz CT molecular complexity index is 412. The maximum atomic E-state index is 13.7. The quantitative estimate of drug-likeness (QED) is 0.779. The molecule has 2 atom stereocenters. The number of benzene rings is 1. The summed E-state index contributed by atoms with van der Waals surface area (Å²) in [6.45, 7) is -0.423. The Hall–Kier alpha value is -1.46. The van der Waals surface area contributed by atoms with Crippen molar-refractivity contribution >= 4 is 5.97 Å². The fraction of sp³-hybridized carbons (Fsp3) is 0.462. The molecule has 0 spiro atoms. The highest BCUT2D eigenvalue weighted by Gasteiger charge is 2.42. The molecule has 0 bridgehead atoms. The molecule has 0 saturated carbocycles. The number of carbonyl (C=O) groups excluding carboxylic acids is 1. The zero-order chi connectivity index (χ0) is 13.0. The van der Waals surface area contributed by atoms with Gasteiger partial charge in [-0.1, -0.05) is 30.3 Å². The molecule has 2 rings (SSSR count). The monoisotopic (exact) mass is 253 g/mol. The average molecular weight is 253 g/mol. The molecule has 0 aromatic heterocycles. The molecule has 1 aromatic rings. The second kappa shape index (κ2) is 5.46. The number of aliphatic hydroxyl groups excluding tert-OH is 1. The van der Waals surface area contributed by atoms with Crippen molar-refractivity contribution in [1.29, 1.82) is 0 Å². The fourth-order valence-corrected chi connectivity index (χ4v) is 1.93. The van der Waals surface area contributed by atoms with Gasteiger partial charge in [-0.3, -0.25) is 4.79 Å². The van der Waals surface area contributed by atoms with Gasteiger partial charge in [-0.05, 0) is 5.56 Å². The molecule has 98 valence electrons. The van der Waals surface area contributed by atoms with Gasteiger partial charge >= 0.3 is 5.97 Å². The normalized spacial score (nSPS) is 27.1. The summed E-state index contributed by atoms with van der Waals surface area (Å²) in [5.41, 5.74) is -0.825. The van der Waals surface area contributed by atoms with Crippen LogP contribution in [0.1, 0.15) is 12.0 Å². The van der Waals surface area contributed by atoms with Crippen molar-refractivity contribution in [3.05, 3.63) is 35.9 Å². The first-order valence-corrected chi connectivity index (χ1v) is 5.87. The Morgan fingerprint density at radius 3 is 2.83 bits per heavy atom. The minimum atomic E-state index is -1.71. The smallest absolute Gasteiger partial charge is 0.323 e. The highest BCUT2D eigenvalue weighted by molar-refractivity contribution is 5.76. The lowest BCUT2D eigenvalue weighted by molar-refractivity contribution is -0.147. The van der Waals surface area contributed by atoms with Crippen LogP contribution in [0.3, 0.4) is 0 Å². The topological polar surface area (TPSA) is 58.6 Å². The van der Waals surface area contributed by atoms with Gasteiger partial charge in [0.05, 0.1) is 6.61 Å². The van der Waals surface area contributed by atoms with Gasteiger partial charge < -0.3 is 15.2 Å². The van der Waals surface area contributed by atoms with E-state index >= 15 is 0 Å². The minimum Gasteiger partial charge on any atom is -0.460 e. The van der Waals surface area contributed by atoms with Crippen LogP contribution in [0.25, 0.3) is 0 Å². The summed E-state index contributed by atoms with van der Waals surface area (Å²) in [5, 5.41) is 11.6.